The van der Waals surface area contributed by atoms with Gasteiger partial charge in [-0.2, -0.15) is 0 Å². The summed E-state index contributed by atoms with van der Waals surface area (Å²) in [6, 6.07) is 11.1. The SMILES string of the molecule is CCS(=O)(=O)N(CC(=O)N(Cc1ccc(OC)cc1)[C@@H](C)C(=O)NCC(C)C)c1ccc2c(c1)OCCO2. The van der Waals surface area contributed by atoms with Crippen molar-refractivity contribution in [2.24, 2.45) is 5.92 Å². The van der Waals surface area contributed by atoms with Crippen molar-refractivity contribution in [3.8, 4) is 17.2 Å². The van der Waals surface area contributed by atoms with Gasteiger partial charge in [0.2, 0.25) is 21.8 Å². The van der Waals surface area contributed by atoms with Crippen LogP contribution in [0.1, 0.15) is 33.3 Å². The van der Waals surface area contributed by atoms with Crippen molar-refractivity contribution in [3.63, 3.8) is 0 Å². The first kappa shape index (κ1) is 29.1. The van der Waals surface area contributed by atoms with Crippen LogP contribution in [0.2, 0.25) is 0 Å². The van der Waals surface area contributed by atoms with Crippen LogP contribution in [0.3, 0.4) is 0 Å². The molecule has 1 aliphatic rings. The summed E-state index contributed by atoms with van der Waals surface area (Å²) in [6.45, 7) is 7.95. The van der Waals surface area contributed by atoms with Gasteiger partial charge < -0.3 is 24.4 Å². The molecule has 3 rings (SSSR count). The summed E-state index contributed by atoms with van der Waals surface area (Å²) in [5.41, 5.74) is 1.05. The van der Waals surface area contributed by atoms with Crippen LogP contribution in [0.5, 0.6) is 17.2 Å². The van der Waals surface area contributed by atoms with Crippen molar-refractivity contribution < 1.29 is 32.2 Å². The molecule has 0 unspecified atom stereocenters. The Balaban J connectivity index is 1.92. The van der Waals surface area contributed by atoms with Gasteiger partial charge in [0.15, 0.2) is 11.5 Å². The zero-order valence-corrected chi connectivity index (χ0v) is 23.4. The van der Waals surface area contributed by atoms with Crippen LogP contribution in [-0.4, -0.2) is 70.3 Å². The summed E-state index contributed by atoms with van der Waals surface area (Å²) in [5, 5.41) is 2.87. The topological polar surface area (TPSA) is 114 Å². The van der Waals surface area contributed by atoms with Crippen LogP contribution in [-0.2, 0) is 26.2 Å². The molecule has 38 heavy (non-hydrogen) atoms. The lowest BCUT2D eigenvalue weighted by molar-refractivity contribution is -0.139. The number of carbonyl (C=O) groups excluding carboxylic acids is 2. The minimum atomic E-state index is -3.85. The third kappa shape index (κ3) is 7.31. The second kappa shape index (κ2) is 12.9. The zero-order chi connectivity index (χ0) is 27.9. The van der Waals surface area contributed by atoms with Gasteiger partial charge >= 0.3 is 0 Å². The molecule has 0 aromatic heterocycles. The van der Waals surface area contributed by atoms with E-state index in [1.54, 1.807) is 56.5 Å². The Morgan fingerprint density at radius 2 is 1.68 bits per heavy atom. The number of hydrogen-bond acceptors (Lipinski definition) is 7. The highest BCUT2D eigenvalue weighted by Crippen LogP contribution is 2.35. The van der Waals surface area contributed by atoms with Gasteiger partial charge in [0.25, 0.3) is 0 Å². The minimum absolute atomic E-state index is 0.111. The van der Waals surface area contributed by atoms with Crippen molar-refractivity contribution in [2.75, 3.05) is 43.5 Å². The lowest BCUT2D eigenvalue weighted by atomic mass is 10.1. The molecule has 0 aliphatic carbocycles. The Kier molecular flexibility index (Phi) is 9.84. The van der Waals surface area contributed by atoms with Gasteiger partial charge in [-0.05, 0) is 49.6 Å². The molecule has 2 amide bonds. The number of rotatable bonds is 12. The normalized spacial score (nSPS) is 13.5. The van der Waals surface area contributed by atoms with E-state index in [9.17, 15) is 18.0 Å². The molecule has 0 fully saturated rings. The second-order valence-electron chi connectivity index (χ2n) is 9.42. The molecule has 0 spiro atoms. The molecule has 1 N–H and O–H groups in total. The van der Waals surface area contributed by atoms with E-state index in [2.05, 4.69) is 5.32 Å². The Hall–Kier alpha value is -3.47. The molecule has 1 heterocycles. The van der Waals surface area contributed by atoms with Crippen LogP contribution in [0.15, 0.2) is 42.5 Å². The second-order valence-corrected chi connectivity index (χ2v) is 11.6. The van der Waals surface area contributed by atoms with Gasteiger partial charge in [-0.15, -0.1) is 0 Å². The number of methoxy groups -OCH3 is 1. The summed E-state index contributed by atoms with van der Waals surface area (Å²) < 4.78 is 43.7. The average Bonchev–Trinajstić information content (AvgIpc) is 2.92. The fourth-order valence-corrected chi connectivity index (χ4v) is 4.92. The molecule has 0 bridgehead atoms. The summed E-state index contributed by atoms with van der Waals surface area (Å²) in [5.74, 6) is 0.776. The zero-order valence-electron chi connectivity index (χ0n) is 22.6. The fourth-order valence-electron chi connectivity index (χ4n) is 3.87. The number of anilines is 1. The first-order chi connectivity index (χ1) is 18.1. The van der Waals surface area contributed by atoms with E-state index in [1.165, 1.54) is 11.8 Å². The highest BCUT2D eigenvalue weighted by atomic mass is 32.2. The number of nitrogens with zero attached hydrogens (tertiary/aromatic N) is 2. The molecule has 0 saturated heterocycles. The Bertz CT molecular complexity index is 1220. The van der Waals surface area contributed by atoms with Gasteiger partial charge in [0, 0.05) is 19.2 Å². The lowest BCUT2D eigenvalue weighted by Gasteiger charge is -2.32. The number of ether oxygens (including phenoxy) is 3. The fraction of sp³-hybridized carbons (Fsp3) is 0.481. The lowest BCUT2D eigenvalue weighted by Crippen LogP contribution is -2.51. The smallest absolute Gasteiger partial charge is 0.244 e. The van der Waals surface area contributed by atoms with Crippen LogP contribution < -0.4 is 23.8 Å². The summed E-state index contributed by atoms with van der Waals surface area (Å²) in [7, 11) is -2.28. The van der Waals surface area contributed by atoms with E-state index in [4.69, 9.17) is 14.2 Å². The summed E-state index contributed by atoms with van der Waals surface area (Å²) in [4.78, 5) is 28.1. The molecular weight excluding hydrogens is 510 g/mol. The monoisotopic (exact) mass is 547 g/mol. The van der Waals surface area contributed by atoms with Gasteiger partial charge in [0.05, 0.1) is 18.6 Å². The number of hydrogen-bond donors (Lipinski definition) is 1. The number of nitrogens with one attached hydrogen (secondary N) is 1. The standard InChI is InChI=1S/C27H37N3O7S/c1-6-38(33,34)30(22-9-12-24-25(15-22)37-14-13-36-24)18-26(31)29(20(4)27(32)28-16-19(2)3)17-21-7-10-23(35-5)11-8-21/h7-12,15,19-20H,6,13-14,16-18H2,1-5H3,(H,28,32)/t20-/m0/s1. The van der Waals surface area contributed by atoms with E-state index in [0.717, 1.165) is 9.87 Å². The first-order valence-electron chi connectivity index (χ1n) is 12.7. The molecule has 1 aliphatic heterocycles. The number of amides is 2. The maximum absolute atomic E-state index is 13.7. The summed E-state index contributed by atoms with van der Waals surface area (Å²) >= 11 is 0. The van der Waals surface area contributed by atoms with Crippen molar-refractivity contribution in [2.45, 2.75) is 40.3 Å². The molecule has 0 saturated carbocycles. The van der Waals surface area contributed by atoms with Crippen molar-refractivity contribution in [1.82, 2.24) is 10.2 Å². The Labute approximate surface area is 224 Å². The highest BCUT2D eigenvalue weighted by Gasteiger charge is 2.31. The molecule has 208 valence electrons. The maximum atomic E-state index is 13.7. The third-order valence-corrected chi connectivity index (χ3v) is 7.90. The van der Waals surface area contributed by atoms with Crippen LogP contribution in [0.25, 0.3) is 0 Å². The number of carbonyl (C=O) groups is 2. The van der Waals surface area contributed by atoms with Gasteiger partial charge in [0.1, 0.15) is 31.5 Å². The summed E-state index contributed by atoms with van der Waals surface area (Å²) in [6.07, 6.45) is 0. The van der Waals surface area contributed by atoms with Crippen LogP contribution in [0.4, 0.5) is 5.69 Å². The molecule has 0 radical (unpaired) electrons. The quantitative estimate of drug-likeness (QED) is 0.435. The highest BCUT2D eigenvalue weighted by molar-refractivity contribution is 7.92. The van der Waals surface area contributed by atoms with E-state index in [-0.39, 0.29) is 29.8 Å². The average molecular weight is 548 g/mol. The number of sulfonamides is 1. The van der Waals surface area contributed by atoms with Gasteiger partial charge in [-0.3, -0.25) is 13.9 Å². The van der Waals surface area contributed by atoms with Crippen LogP contribution >= 0.6 is 0 Å². The largest absolute Gasteiger partial charge is 0.497 e. The van der Waals surface area contributed by atoms with Gasteiger partial charge in [-0.25, -0.2) is 8.42 Å². The molecule has 11 heteroatoms. The minimum Gasteiger partial charge on any atom is -0.497 e. The van der Waals surface area contributed by atoms with Crippen molar-refractivity contribution in [3.05, 3.63) is 48.0 Å². The molecular formula is C27H37N3O7S. The van der Waals surface area contributed by atoms with Crippen molar-refractivity contribution >= 4 is 27.5 Å². The molecule has 10 nitrogen and oxygen atoms in total. The van der Waals surface area contributed by atoms with E-state index < -0.39 is 28.5 Å². The Morgan fingerprint density at radius 3 is 2.29 bits per heavy atom. The predicted octanol–water partition coefficient (Wildman–Crippen LogP) is 2.81. The van der Waals surface area contributed by atoms with Crippen molar-refractivity contribution in [1.29, 1.82) is 0 Å². The molecule has 2 aromatic rings. The predicted molar refractivity (Wildman–Crippen MR) is 145 cm³/mol. The third-order valence-electron chi connectivity index (χ3n) is 6.16. The molecule has 2 aromatic carbocycles. The van der Waals surface area contributed by atoms with E-state index in [0.29, 0.717) is 37.0 Å². The maximum Gasteiger partial charge on any atom is 0.244 e. The Morgan fingerprint density at radius 1 is 1.03 bits per heavy atom. The van der Waals surface area contributed by atoms with E-state index >= 15 is 0 Å². The van der Waals surface area contributed by atoms with Gasteiger partial charge in [-0.1, -0.05) is 26.0 Å². The number of benzene rings is 2. The van der Waals surface area contributed by atoms with Crippen LogP contribution in [0, 0.1) is 5.92 Å². The first-order valence-corrected chi connectivity index (χ1v) is 14.3. The molecule has 1 atom stereocenters. The number of fused-ring (bicyclic) bond motifs is 1. The van der Waals surface area contributed by atoms with E-state index in [1.807, 2.05) is 13.8 Å².